The van der Waals surface area contributed by atoms with Gasteiger partial charge < -0.3 is 14.2 Å². The van der Waals surface area contributed by atoms with E-state index in [0.29, 0.717) is 22.0 Å². The fourth-order valence-corrected chi connectivity index (χ4v) is 1.64. The zero-order valence-electron chi connectivity index (χ0n) is 12.4. The summed E-state index contributed by atoms with van der Waals surface area (Å²) in [5.74, 6) is -0.256. The van der Waals surface area contributed by atoms with Crippen LogP contribution < -0.4 is 0 Å². The van der Waals surface area contributed by atoms with E-state index >= 15 is 0 Å². The van der Waals surface area contributed by atoms with Gasteiger partial charge in [0.05, 0.1) is 18.8 Å². The Balaban J connectivity index is 4.54. The second kappa shape index (κ2) is 9.30. The van der Waals surface area contributed by atoms with Gasteiger partial charge in [-0.2, -0.15) is 0 Å². The molecule has 0 bridgehead atoms. The minimum Gasteiger partial charge on any atom is -0.463 e. The molecule has 0 rings (SSSR count). The molecule has 0 fully saturated rings. The molecule has 0 saturated carbocycles. The molecule has 0 amide bonds. The predicted molar refractivity (Wildman–Crippen MR) is 75.5 cm³/mol. The van der Waals surface area contributed by atoms with Gasteiger partial charge in [-0.15, -0.1) is 0 Å². The smallest absolute Gasteiger partial charge is 0.328 e. The molecule has 0 radical (unpaired) electrons. The number of ether oxygens (including phenoxy) is 3. The summed E-state index contributed by atoms with van der Waals surface area (Å²) in [6, 6.07) is 0. The molecular formula is C13H26O4Si. The Bertz CT molecular complexity index is 264. The van der Waals surface area contributed by atoms with E-state index < -0.39 is 6.29 Å². The van der Waals surface area contributed by atoms with Crippen molar-refractivity contribution in [2.24, 2.45) is 0 Å². The average molecular weight is 274 g/mol. The van der Waals surface area contributed by atoms with E-state index in [4.69, 9.17) is 14.2 Å². The monoisotopic (exact) mass is 274 g/mol. The van der Waals surface area contributed by atoms with Gasteiger partial charge in [0.2, 0.25) is 0 Å². The maximum atomic E-state index is 11.6. The molecule has 0 N–H and O–H groups in total. The molecule has 0 aliphatic heterocycles. The SMILES string of the molecule is CCCOC(=O)C([SiH3])=CC(OC(C)C)OC(C)C. The maximum Gasteiger partial charge on any atom is 0.328 e. The van der Waals surface area contributed by atoms with Crippen molar-refractivity contribution in [2.75, 3.05) is 6.61 Å². The molecule has 0 atom stereocenters. The van der Waals surface area contributed by atoms with Crippen molar-refractivity contribution in [3.8, 4) is 0 Å². The number of carbonyl (C=O) groups excluding carboxylic acids is 1. The Labute approximate surface area is 113 Å². The lowest BCUT2D eigenvalue weighted by molar-refractivity contribution is -0.154. The highest BCUT2D eigenvalue weighted by Crippen LogP contribution is 2.08. The first-order chi connectivity index (χ1) is 8.36. The molecule has 0 spiro atoms. The van der Waals surface area contributed by atoms with Crippen LogP contribution in [0.5, 0.6) is 0 Å². The lowest BCUT2D eigenvalue weighted by Gasteiger charge is -2.20. The van der Waals surface area contributed by atoms with E-state index in [1.165, 1.54) is 0 Å². The van der Waals surface area contributed by atoms with E-state index in [1.807, 2.05) is 34.6 Å². The number of rotatable bonds is 8. The van der Waals surface area contributed by atoms with Crippen LogP contribution in [0, 0.1) is 0 Å². The highest BCUT2D eigenvalue weighted by molar-refractivity contribution is 6.35. The summed E-state index contributed by atoms with van der Waals surface area (Å²) in [5, 5.41) is 0.648. The predicted octanol–water partition coefficient (Wildman–Crippen LogP) is 1.36. The van der Waals surface area contributed by atoms with E-state index in [-0.39, 0.29) is 18.2 Å². The molecule has 0 aromatic heterocycles. The molecule has 0 saturated heterocycles. The zero-order valence-corrected chi connectivity index (χ0v) is 14.4. The third-order valence-corrected chi connectivity index (χ3v) is 2.70. The van der Waals surface area contributed by atoms with Crippen LogP contribution in [0.2, 0.25) is 0 Å². The van der Waals surface area contributed by atoms with E-state index in [2.05, 4.69) is 0 Å². The molecule has 0 aliphatic carbocycles. The fraction of sp³-hybridized carbons (Fsp3) is 0.769. The first-order valence-electron chi connectivity index (χ1n) is 6.53. The van der Waals surface area contributed by atoms with Crippen LogP contribution in [0.15, 0.2) is 11.3 Å². The van der Waals surface area contributed by atoms with Crippen molar-refractivity contribution >= 4 is 16.2 Å². The summed E-state index contributed by atoms with van der Waals surface area (Å²) in [6.45, 7) is 10.2. The minimum atomic E-state index is -0.480. The van der Waals surface area contributed by atoms with Crippen molar-refractivity contribution < 1.29 is 19.0 Å². The van der Waals surface area contributed by atoms with Gasteiger partial charge in [-0.25, -0.2) is 4.79 Å². The Morgan fingerprint density at radius 1 is 1.17 bits per heavy atom. The van der Waals surface area contributed by atoms with E-state index in [9.17, 15) is 4.79 Å². The van der Waals surface area contributed by atoms with Gasteiger partial charge in [-0.05, 0) is 40.2 Å². The van der Waals surface area contributed by atoms with Gasteiger partial charge in [0, 0.05) is 15.4 Å². The normalized spacial score (nSPS) is 12.8. The summed E-state index contributed by atoms with van der Waals surface area (Å²) in [6.07, 6.45) is 2.17. The Kier molecular flexibility index (Phi) is 8.96. The van der Waals surface area contributed by atoms with Gasteiger partial charge in [0.1, 0.15) is 0 Å². The minimum absolute atomic E-state index is 0.0473. The summed E-state index contributed by atoms with van der Waals surface area (Å²) in [5.41, 5.74) is 0. The summed E-state index contributed by atoms with van der Waals surface area (Å²) < 4.78 is 16.3. The first-order valence-corrected chi connectivity index (χ1v) is 7.53. The van der Waals surface area contributed by atoms with Crippen LogP contribution in [0.3, 0.4) is 0 Å². The zero-order chi connectivity index (χ0) is 14.1. The molecular weight excluding hydrogens is 248 g/mol. The third kappa shape index (κ3) is 8.44. The molecule has 0 unspecified atom stereocenters. The fourth-order valence-electron chi connectivity index (χ4n) is 1.23. The summed E-state index contributed by atoms with van der Waals surface area (Å²) >= 11 is 0. The van der Waals surface area contributed by atoms with Gasteiger partial charge in [0.25, 0.3) is 0 Å². The van der Waals surface area contributed by atoms with Crippen LogP contribution in [0.1, 0.15) is 41.0 Å². The van der Waals surface area contributed by atoms with E-state index in [0.717, 1.165) is 6.42 Å². The first kappa shape index (κ1) is 17.3. The summed E-state index contributed by atoms with van der Waals surface area (Å²) in [4.78, 5) is 11.6. The van der Waals surface area contributed by atoms with Gasteiger partial charge in [-0.1, -0.05) is 6.92 Å². The topological polar surface area (TPSA) is 44.8 Å². The maximum absolute atomic E-state index is 11.6. The van der Waals surface area contributed by atoms with Crippen molar-refractivity contribution in [2.45, 2.75) is 59.5 Å². The lowest BCUT2D eigenvalue weighted by Crippen LogP contribution is -2.24. The second-order valence-electron chi connectivity index (χ2n) is 4.72. The summed E-state index contributed by atoms with van der Waals surface area (Å²) in [7, 11) is 0.615. The van der Waals surface area contributed by atoms with Crippen LogP contribution in [0.25, 0.3) is 0 Å². The molecule has 106 valence electrons. The molecule has 0 aromatic carbocycles. The number of hydrogen-bond acceptors (Lipinski definition) is 4. The van der Waals surface area contributed by atoms with Crippen LogP contribution in [0.4, 0.5) is 0 Å². The van der Waals surface area contributed by atoms with E-state index in [1.54, 1.807) is 6.08 Å². The Hall–Kier alpha value is -0.653. The quantitative estimate of drug-likeness (QED) is 0.290. The largest absolute Gasteiger partial charge is 0.463 e. The Morgan fingerprint density at radius 3 is 2.06 bits per heavy atom. The van der Waals surface area contributed by atoms with Crippen molar-refractivity contribution in [3.63, 3.8) is 0 Å². The molecule has 0 aromatic rings. The average Bonchev–Trinajstić information content (AvgIpc) is 2.23. The second-order valence-corrected chi connectivity index (χ2v) is 5.80. The van der Waals surface area contributed by atoms with Crippen LogP contribution >= 0.6 is 0 Å². The highest BCUT2D eigenvalue weighted by atomic mass is 28.1. The molecule has 0 aliphatic rings. The molecule has 4 nitrogen and oxygen atoms in total. The number of carbonyl (C=O) groups is 1. The Morgan fingerprint density at radius 2 is 1.67 bits per heavy atom. The van der Waals surface area contributed by atoms with Crippen molar-refractivity contribution in [1.29, 1.82) is 0 Å². The van der Waals surface area contributed by atoms with Crippen molar-refractivity contribution in [3.05, 3.63) is 11.3 Å². The van der Waals surface area contributed by atoms with Gasteiger partial charge >= 0.3 is 5.97 Å². The lowest BCUT2D eigenvalue weighted by atomic mass is 10.4. The van der Waals surface area contributed by atoms with Gasteiger partial charge in [0.15, 0.2) is 6.29 Å². The standard InChI is InChI=1S/C13H26O4Si/c1-6-7-15-13(14)11(18)8-12(16-9(2)3)17-10(4)5/h8-10,12H,6-7H2,1-5,18H3. The molecule has 0 heterocycles. The molecule has 18 heavy (non-hydrogen) atoms. The van der Waals surface area contributed by atoms with Crippen molar-refractivity contribution in [1.82, 2.24) is 0 Å². The number of esters is 1. The van der Waals surface area contributed by atoms with Crippen LogP contribution in [-0.2, 0) is 19.0 Å². The van der Waals surface area contributed by atoms with Crippen LogP contribution in [-0.4, -0.2) is 41.3 Å². The third-order valence-electron chi connectivity index (χ3n) is 1.96. The highest BCUT2D eigenvalue weighted by Gasteiger charge is 2.14. The van der Waals surface area contributed by atoms with Gasteiger partial charge in [-0.3, -0.25) is 0 Å². The number of hydrogen-bond donors (Lipinski definition) is 0. The molecule has 5 heteroatoms.